The van der Waals surface area contributed by atoms with Crippen molar-refractivity contribution in [2.45, 2.75) is 46.6 Å². The summed E-state index contributed by atoms with van der Waals surface area (Å²) in [6.07, 6.45) is 5.91. The predicted octanol–water partition coefficient (Wildman–Crippen LogP) is 4.69. The van der Waals surface area contributed by atoms with Gasteiger partial charge in [-0.3, -0.25) is 4.79 Å². The number of anilines is 1. The zero-order valence-corrected chi connectivity index (χ0v) is 14.9. The summed E-state index contributed by atoms with van der Waals surface area (Å²) >= 11 is 0. The highest BCUT2D eigenvalue weighted by Gasteiger charge is 2.39. The molecule has 1 aromatic rings. The van der Waals surface area contributed by atoms with Gasteiger partial charge in [-0.15, -0.1) is 0 Å². The molecule has 3 atom stereocenters. The highest BCUT2D eigenvalue weighted by atomic mass is 16.5. The summed E-state index contributed by atoms with van der Waals surface area (Å²) in [6.45, 7) is 8.61. The largest absolute Gasteiger partial charge is 0.495 e. The number of carbonyl (C=O) groups excluding carboxylic acids is 1. The molecular formula is C20H29NO2. The van der Waals surface area contributed by atoms with Gasteiger partial charge >= 0.3 is 0 Å². The molecule has 0 aromatic heterocycles. The molecule has 0 radical (unpaired) electrons. The molecule has 2 rings (SSSR count). The van der Waals surface area contributed by atoms with Crippen molar-refractivity contribution in [2.75, 3.05) is 12.4 Å². The SMILES string of the molecule is COc1ccccc1N[C@@H](C)CC(=O)[C@H]1[C@H](C)C=CCC1(C)C. The van der Waals surface area contributed by atoms with Crippen LogP contribution in [0.15, 0.2) is 36.4 Å². The maximum absolute atomic E-state index is 12.9. The lowest BCUT2D eigenvalue weighted by Gasteiger charge is -2.39. The number of rotatable bonds is 6. The molecule has 0 bridgehead atoms. The lowest BCUT2D eigenvalue weighted by Crippen LogP contribution is -2.39. The number of benzene rings is 1. The van der Waals surface area contributed by atoms with E-state index in [1.165, 1.54) is 0 Å². The topological polar surface area (TPSA) is 38.3 Å². The van der Waals surface area contributed by atoms with Crippen LogP contribution < -0.4 is 10.1 Å². The second-order valence-corrected chi connectivity index (χ2v) is 7.37. The van der Waals surface area contributed by atoms with E-state index < -0.39 is 0 Å². The van der Waals surface area contributed by atoms with E-state index in [2.05, 4.69) is 45.2 Å². The number of hydrogen-bond donors (Lipinski definition) is 1. The van der Waals surface area contributed by atoms with Crippen LogP contribution in [-0.4, -0.2) is 18.9 Å². The second kappa shape index (κ2) is 7.20. The van der Waals surface area contributed by atoms with Crippen LogP contribution in [0.1, 0.15) is 40.5 Å². The zero-order chi connectivity index (χ0) is 17.0. The van der Waals surface area contributed by atoms with Crippen LogP contribution in [0.25, 0.3) is 0 Å². The Kier molecular flexibility index (Phi) is 5.51. The molecule has 126 valence electrons. The fourth-order valence-electron chi connectivity index (χ4n) is 3.77. The maximum atomic E-state index is 12.9. The van der Waals surface area contributed by atoms with Crippen molar-refractivity contribution in [2.24, 2.45) is 17.3 Å². The number of para-hydroxylation sites is 2. The Morgan fingerprint density at radius 2 is 2.09 bits per heavy atom. The number of Topliss-reactive ketones (excluding diaryl/α,β-unsaturated/α-hetero) is 1. The molecule has 23 heavy (non-hydrogen) atoms. The van der Waals surface area contributed by atoms with Crippen molar-refractivity contribution in [3.8, 4) is 5.75 Å². The van der Waals surface area contributed by atoms with E-state index in [0.717, 1.165) is 17.9 Å². The van der Waals surface area contributed by atoms with Gasteiger partial charge in [0, 0.05) is 18.4 Å². The van der Waals surface area contributed by atoms with Crippen LogP contribution in [0.3, 0.4) is 0 Å². The number of hydrogen-bond acceptors (Lipinski definition) is 3. The van der Waals surface area contributed by atoms with Crippen LogP contribution >= 0.6 is 0 Å². The quantitative estimate of drug-likeness (QED) is 0.774. The van der Waals surface area contributed by atoms with Gasteiger partial charge in [-0.25, -0.2) is 0 Å². The monoisotopic (exact) mass is 315 g/mol. The van der Waals surface area contributed by atoms with E-state index in [9.17, 15) is 4.79 Å². The van der Waals surface area contributed by atoms with Crippen LogP contribution in [-0.2, 0) is 4.79 Å². The van der Waals surface area contributed by atoms with E-state index in [-0.39, 0.29) is 17.4 Å². The smallest absolute Gasteiger partial charge is 0.141 e. The maximum Gasteiger partial charge on any atom is 0.141 e. The van der Waals surface area contributed by atoms with Gasteiger partial charge in [-0.2, -0.15) is 0 Å². The Bertz CT molecular complexity index is 577. The molecule has 0 fully saturated rings. The van der Waals surface area contributed by atoms with Crippen molar-refractivity contribution in [1.29, 1.82) is 0 Å². The first-order valence-corrected chi connectivity index (χ1v) is 8.44. The van der Waals surface area contributed by atoms with Gasteiger partial charge in [0.25, 0.3) is 0 Å². The Hall–Kier alpha value is -1.77. The van der Waals surface area contributed by atoms with Crippen LogP contribution in [0.5, 0.6) is 5.75 Å². The Morgan fingerprint density at radius 1 is 1.39 bits per heavy atom. The van der Waals surface area contributed by atoms with Gasteiger partial charge in [0.2, 0.25) is 0 Å². The Balaban J connectivity index is 2.03. The molecule has 0 spiro atoms. The van der Waals surface area contributed by atoms with E-state index in [1.54, 1.807) is 7.11 Å². The summed E-state index contributed by atoms with van der Waals surface area (Å²) in [5.74, 6) is 1.56. The molecule has 0 amide bonds. The third kappa shape index (κ3) is 4.15. The normalized spacial score (nSPS) is 24.0. The Morgan fingerprint density at radius 3 is 2.74 bits per heavy atom. The van der Waals surface area contributed by atoms with Crippen LogP contribution in [0.4, 0.5) is 5.69 Å². The number of ketones is 1. The van der Waals surface area contributed by atoms with E-state index >= 15 is 0 Å². The van der Waals surface area contributed by atoms with E-state index in [0.29, 0.717) is 18.1 Å². The summed E-state index contributed by atoms with van der Waals surface area (Å²) in [4.78, 5) is 12.9. The summed E-state index contributed by atoms with van der Waals surface area (Å²) in [7, 11) is 1.66. The summed E-state index contributed by atoms with van der Waals surface area (Å²) in [5.41, 5.74) is 0.973. The molecule has 0 unspecified atom stereocenters. The standard InChI is InChI=1S/C20H29NO2/c1-14-9-8-12-20(3,4)19(14)17(22)13-15(2)21-16-10-6-7-11-18(16)23-5/h6-11,14-15,19,21H,12-13H2,1-5H3/t14-,15+,19-/m1/s1. The van der Waals surface area contributed by atoms with Crippen molar-refractivity contribution < 1.29 is 9.53 Å². The molecule has 3 heteroatoms. The highest BCUT2D eigenvalue weighted by molar-refractivity contribution is 5.83. The second-order valence-electron chi connectivity index (χ2n) is 7.37. The fourth-order valence-corrected chi connectivity index (χ4v) is 3.77. The van der Waals surface area contributed by atoms with E-state index in [4.69, 9.17) is 4.74 Å². The molecule has 1 aliphatic rings. The lowest BCUT2D eigenvalue weighted by atomic mass is 9.64. The van der Waals surface area contributed by atoms with Crippen molar-refractivity contribution in [3.63, 3.8) is 0 Å². The number of ether oxygens (including phenoxy) is 1. The number of methoxy groups -OCH3 is 1. The molecule has 0 heterocycles. The minimum atomic E-state index is 0.0371. The molecule has 0 aliphatic heterocycles. The highest BCUT2D eigenvalue weighted by Crippen LogP contribution is 2.41. The first kappa shape index (κ1) is 17.6. The first-order valence-electron chi connectivity index (χ1n) is 8.44. The minimum Gasteiger partial charge on any atom is -0.495 e. The molecule has 0 saturated carbocycles. The third-order valence-electron chi connectivity index (χ3n) is 4.81. The average Bonchev–Trinajstić information content (AvgIpc) is 2.46. The van der Waals surface area contributed by atoms with Gasteiger partial charge in [0.15, 0.2) is 0 Å². The Labute approximate surface area is 140 Å². The third-order valence-corrected chi connectivity index (χ3v) is 4.81. The van der Waals surface area contributed by atoms with Crippen molar-refractivity contribution in [3.05, 3.63) is 36.4 Å². The van der Waals surface area contributed by atoms with E-state index in [1.807, 2.05) is 24.3 Å². The van der Waals surface area contributed by atoms with Crippen molar-refractivity contribution in [1.82, 2.24) is 0 Å². The first-order chi connectivity index (χ1) is 10.8. The molecule has 1 N–H and O–H groups in total. The molecule has 1 aromatic carbocycles. The number of carbonyl (C=O) groups is 1. The average molecular weight is 315 g/mol. The van der Waals surface area contributed by atoms with Crippen LogP contribution in [0.2, 0.25) is 0 Å². The fraction of sp³-hybridized carbons (Fsp3) is 0.550. The molecule has 1 aliphatic carbocycles. The molecular weight excluding hydrogens is 286 g/mol. The van der Waals surface area contributed by atoms with Crippen LogP contribution in [0, 0.1) is 17.3 Å². The van der Waals surface area contributed by atoms with Gasteiger partial charge < -0.3 is 10.1 Å². The zero-order valence-electron chi connectivity index (χ0n) is 14.9. The number of nitrogens with one attached hydrogen (secondary N) is 1. The van der Waals surface area contributed by atoms with Gasteiger partial charge in [0.05, 0.1) is 12.8 Å². The van der Waals surface area contributed by atoms with Gasteiger partial charge in [-0.1, -0.05) is 45.1 Å². The van der Waals surface area contributed by atoms with Gasteiger partial charge in [0.1, 0.15) is 11.5 Å². The molecule has 3 nitrogen and oxygen atoms in total. The number of allylic oxidation sites excluding steroid dienone is 2. The molecule has 0 saturated heterocycles. The predicted molar refractivity (Wildman–Crippen MR) is 95.9 cm³/mol. The van der Waals surface area contributed by atoms with Gasteiger partial charge in [-0.05, 0) is 36.8 Å². The van der Waals surface area contributed by atoms with Crippen molar-refractivity contribution >= 4 is 11.5 Å². The summed E-state index contributed by atoms with van der Waals surface area (Å²) in [5, 5.41) is 3.41. The lowest BCUT2D eigenvalue weighted by molar-refractivity contribution is -0.128. The summed E-state index contributed by atoms with van der Waals surface area (Å²) in [6, 6.07) is 7.89. The minimum absolute atomic E-state index is 0.0371. The summed E-state index contributed by atoms with van der Waals surface area (Å²) < 4.78 is 5.36.